The topological polar surface area (TPSA) is 29.1 Å². The molecule has 1 fully saturated rings. The fourth-order valence-corrected chi connectivity index (χ4v) is 1.95. The van der Waals surface area contributed by atoms with E-state index < -0.39 is 0 Å². The Bertz CT molecular complexity index is 342. The molecule has 0 radical (unpaired) electrons. The third-order valence-electron chi connectivity index (χ3n) is 3.02. The maximum absolute atomic E-state index is 11.3. The van der Waals surface area contributed by atoms with Gasteiger partial charge >= 0.3 is 0 Å². The summed E-state index contributed by atoms with van der Waals surface area (Å²) in [4.78, 5) is 11.3. The molecule has 0 aromatic heterocycles. The molecule has 2 nitrogen and oxygen atoms in total. The van der Waals surface area contributed by atoms with Crippen molar-refractivity contribution in [2.45, 2.75) is 19.8 Å². The lowest BCUT2D eigenvalue weighted by Crippen LogP contribution is -2.16. The van der Waals surface area contributed by atoms with Crippen LogP contribution in [0.2, 0.25) is 0 Å². The second-order valence-corrected chi connectivity index (χ2v) is 4.05. The van der Waals surface area contributed by atoms with Crippen molar-refractivity contribution < 1.29 is 4.79 Å². The quantitative estimate of drug-likeness (QED) is 0.717. The van der Waals surface area contributed by atoms with Gasteiger partial charge in [0.05, 0.1) is 0 Å². The summed E-state index contributed by atoms with van der Waals surface area (Å²) in [5, 5.41) is 2.89. The zero-order chi connectivity index (χ0) is 10.1. The highest BCUT2D eigenvalue weighted by Gasteiger charge is 2.31. The van der Waals surface area contributed by atoms with E-state index in [1.165, 1.54) is 11.1 Å². The molecule has 1 aliphatic rings. The summed E-state index contributed by atoms with van der Waals surface area (Å²) in [6, 6.07) is 8.45. The standard InChI is InChI=1S/C12H15NO/c1-8-3-5-10(6-4-8)11-7-13-12(14)9(11)2/h3-6,9,11H,7H2,1-2H3,(H,13,14)/t9-,11?/m0/s1. The van der Waals surface area contributed by atoms with Crippen LogP contribution >= 0.6 is 0 Å². The van der Waals surface area contributed by atoms with Crippen molar-refractivity contribution in [2.24, 2.45) is 5.92 Å². The van der Waals surface area contributed by atoms with Crippen LogP contribution < -0.4 is 5.32 Å². The summed E-state index contributed by atoms with van der Waals surface area (Å²) in [6.45, 7) is 4.85. The highest BCUT2D eigenvalue weighted by Crippen LogP contribution is 2.28. The third-order valence-corrected chi connectivity index (χ3v) is 3.02. The molecule has 2 rings (SSSR count). The normalized spacial score (nSPS) is 26.3. The van der Waals surface area contributed by atoms with Crippen LogP contribution in [0.25, 0.3) is 0 Å². The number of carbonyl (C=O) groups excluding carboxylic acids is 1. The first-order valence-electron chi connectivity index (χ1n) is 5.03. The molecular formula is C12H15NO. The molecule has 1 N–H and O–H groups in total. The van der Waals surface area contributed by atoms with Crippen molar-refractivity contribution in [2.75, 3.05) is 6.54 Å². The number of benzene rings is 1. The molecule has 1 heterocycles. The van der Waals surface area contributed by atoms with Gasteiger partial charge in [0.15, 0.2) is 0 Å². The van der Waals surface area contributed by atoms with Crippen LogP contribution in [0.1, 0.15) is 24.0 Å². The third kappa shape index (κ3) is 1.52. The first-order chi connectivity index (χ1) is 6.68. The zero-order valence-electron chi connectivity index (χ0n) is 8.58. The van der Waals surface area contributed by atoms with Gasteiger partial charge in [-0.1, -0.05) is 36.8 Å². The molecule has 74 valence electrons. The van der Waals surface area contributed by atoms with E-state index >= 15 is 0 Å². The molecule has 1 unspecified atom stereocenters. The average molecular weight is 189 g/mol. The van der Waals surface area contributed by atoms with Crippen LogP contribution in [0.15, 0.2) is 24.3 Å². The number of carbonyl (C=O) groups is 1. The molecule has 0 aliphatic carbocycles. The maximum Gasteiger partial charge on any atom is 0.223 e. The Morgan fingerprint density at radius 2 is 1.93 bits per heavy atom. The summed E-state index contributed by atoms with van der Waals surface area (Å²) in [7, 11) is 0. The molecule has 1 aliphatic heterocycles. The number of hydrogen-bond acceptors (Lipinski definition) is 1. The molecule has 1 aromatic rings. The van der Waals surface area contributed by atoms with Crippen molar-refractivity contribution >= 4 is 5.91 Å². The van der Waals surface area contributed by atoms with E-state index in [1.54, 1.807) is 0 Å². The predicted molar refractivity (Wildman–Crippen MR) is 56.1 cm³/mol. The molecule has 2 heteroatoms. The minimum absolute atomic E-state index is 0.109. The summed E-state index contributed by atoms with van der Waals surface area (Å²) in [5.74, 6) is 0.636. The van der Waals surface area contributed by atoms with Gasteiger partial charge in [0.1, 0.15) is 0 Å². The fraction of sp³-hybridized carbons (Fsp3) is 0.417. The molecule has 1 aromatic carbocycles. The van der Waals surface area contributed by atoms with Crippen LogP contribution in [-0.2, 0) is 4.79 Å². The van der Waals surface area contributed by atoms with Gasteiger partial charge in [-0.2, -0.15) is 0 Å². The highest BCUT2D eigenvalue weighted by atomic mass is 16.2. The Kier molecular flexibility index (Phi) is 2.28. The Balaban J connectivity index is 2.23. The molecule has 1 saturated heterocycles. The molecule has 0 bridgehead atoms. The lowest BCUT2D eigenvalue weighted by atomic mass is 9.90. The van der Waals surface area contributed by atoms with E-state index in [0.29, 0.717) is 5.92 Å². The van der Waals surface area contributed by atoms with E-state index in [4.69, 9.17) is 0 Å². The summed E-state index contributed by atoms with van der Waals surface area (Å²) in [6.07, 6.45) is 0. The lowest BCUT2D eigenvalue weighted by Gasteiger charge is -2.12. The Labute approximate surface area is 84.3 Å². The predicted octanol–water partition coefficient (Wildman–Crippen LogP) is 1.84. The average Bonchev–Trinajstić information content (AvgIpc) is 2.50. The summed E-state index contributed by atoms with van der Waals surface area (Å²) in [5.41, 5.74) is 2.53. The SMILES string of the molecule is Cc1ccc(C2CNC(=O)[C@H]2C)cc1. The highest BCUT2D eigenvalue weighted by molar-refractivity contribution is 5.81. The minimum Gasteiger partial charge on any atom is -0.355 e. The lowest BCUT2D eigenvalue weighted by molar-refractivity contribution is -0.122. The molecule has 0 spiro atoms. The number of amides is 1. The molecular weight excluding hydrogens is 174 g/mol. The van der Waals surface area contributed by atoms with E-state index in [-0.39, 0.29) is 11.8 Å². The second kappa shape index (κ2) is 3.45. The Morgan fingerprint density at radius 1 is 1.29 bits per heavy atom. The Hall–Kier alpha value is -1.31. The number of rotatable bonds is 1. The van der Waals surface area contributed by atoms with Gasteiger partial charge in [0, 0.05) is 18.4 Å². The molecule has 2 atom stereocenters. The summed E-state index contributed by atoms with van der Waals surface area (Å²) < 4.78 is 0. The van der Waals surface area contributed by atoms with E-state index in [0.717, 1.165) is 6.54 Å². The van der Waals surface area contributed by atoms with Crippen molar-refractivity contribution in [3.63, 3.8) is 0 Å². The monoisotopic (exact) mass is 189 g/mol. The molecule has 14 heavy (non-hydrogen) atoms. The van der Waals surface area contributed by atoms with Crippen molar-refractivity contribution in [1.82, 2.24) is 5.32 Å². The molecule has 0 saturated carbocycles. The van der Waals surface area contributed by atoms with Gasteiger partial charge in [0.2, 0.25) is 5.91 Å². The van der Waals surface area contributed by atoms with Gasteiger partial charge in [0.25, 0.3) is 0 Å². The van der Waals surface area contributed by atoms with Crippen LogP contribution in [0.5, 0.6) is 0 Å². The van der Waals surface area contributed by atoms with Crippen molar-refractivity contribution in [3.05, 3.63) is 35.4 Å². The van der Waals surface area contributed by atoms with Crippen LogP contribution in [-0.4, -0.2) is 12.5 Å². The zero-order valence-corrected chi connectivity index (χ0v) is 8.58. The van der Waals surface area contributed by atoms with E-state index in [9.17, 15) is 4.79 Å². The molecule has 1 amide bonds. The van der Waals surface area contributed by atoms with Crippen LogP contribution in [0.3, 0.4) is 0 Å². The van der Waals surface area contributed by atoms with Gasteiger partial charge in [-0.3, -0.25) is 4.79 Å². The number of aryl methyl sites for hydroxylation is 1. The van der Waals surface area contributed by atoms with Gasteiger partial charge in [-0.25, -0.2) is 0 Å². The van der Waals surface area contributed by atoms with Gasteiger partial charge in [-0.15, -0.1) is 0 Å². The van der Waals surface area contributed by atoms with Crippen LogP contribution in [0.4, 0.5) is 0 Å². The van der Waals surface area contributed by atoms with Crippen molar-refractivity contribution in [1.29, 1.82) is 0 Å². The fourth-order valence-electron chi connectivity index (χ4n) is 1.95. The number of hydrogen-bond donors (Lipinski definition) is 1. The Morgan fingerprint density at radius 3 is 2.43 bits per heavy atom. The summed E-state index contributed by atoms with van der Waals surface area (Å²) >= 11 is 0. The number of nitrogens with one attached hydrogen (secondary N) is 1. The largest absolute Gasteiger partial charge is 0.355 e. The first kappa shape index (κ1) is 9.25. The van der Waals surface area contributed by atoms with Crippen LogP contribution in [0, 0.1) is 12.8 Å². The van der Waals surface area contributed by atoms with E-state index in [1.807, 2.05) is 6.92 Å². The van der Waals surface area contributed by atoms with E-state index in [2.05, 4.69) is 36.5 Å². The maximum atomic E-state index is 11.3. The van der Waals surface area contributed by atoms with Gasteiger partial charge < -0.3 is 5.32 Å². The minimum atomic E-state index is 0.109. The smallest absolute Gasteiger partial charge is 0.223 e. The second-order valence-electron chi connectivity index (χ2n) is 4.05. The van der Waals surface area contributed by atoms with Crippen molar-refractivity contribution in [3.8, 4) is 0 Å². The first-order valence-corrected chi connectivity index (χ1v) is 5.03. The van der Waals surface area contributed by atoms with Gasteiger partial charge in [-0.05, 0) is 12.5 Å².